The second-order valence-corrected chi connectivity index (χ2v) is 8.04. The van der Waals surface area contributed by atoms with Gasteiger partial charge >= 0.3 is 0 Å². The molecular weight excluding hydrogens is 500 g/mol. The zero-order valence-electron chi connectivity index (χ0n) is 16.5. The summed E-state index contributed by atoms with van der Waals surface area (Å²) < 4.78 is 12.7. The van der Waals surface area contributed by atoms with Crippen molar-refractivity contribution in [2.45, 2.75) is 0 Å². The van der Waals surface area contributed by atoms with E-state index in [1.54, 1.807) is 60.3 Å². The van der Waals surface area contributed by atoms with Gasteiger partial charge in [0.15, 0.2) is 17.3 Å². The summed E-state index contributed by atoms with van der Waals surface area (Å²) in [7, 11) is 1.45. The Labute approximate surface area is 193 Å². The Morgan fingerprint density at radius 1 is 1.28 bits per heavy atom. The first-order valence-electron chi connectivity index (χ1n) is 9.11. The first-order chi connectivity index (χ1) is 15.5. The molecule has 0 saturated carbocycles. The second-order valence-electron chi connectivity index (χ2n) is 6.35. The van der Waals surface area contributed by atoms with E-state index in [0.29, 0.717) is 26.3 Å². The number of methoxy groups -OCH3 is 1. The molecule has 0 unspecified atom stereocenters. The largest absolute Gasteiger partial charge is 0.503 e. The highest BCUT2D eigenvalue weighted by Gasteiger charge is 2.14. The normalized spacial score (nSPS) is 11.9. The maximum atomic E-state index is 11.4. The average molecular weight is 515 g/mol. The first-order valence-corrected chi connectivity index (χ1v) is 10.8. The molecule has 4 aromatic rings. The summed E-state index contributed by atoms with van der Waals surface area (Å²) in [5.41, 5.74) is 1.37. The smallest absolute Gasteiger partial charge is 0.294 e. The number of hydrogen-bond donors (Lipinski definition) is 1. The summed E-state index contributed by atoms with van der Waals surface area (Å²) in [5, 5.41) is 27.7. The topological polar surface area (TPSA) is 115 Å². The SMILES string of the molecule is COc1cc(C=Nn2c(-c3ccco3)csc2=Nc2ccccc2[N+](=O)[O-])cc(Br)c1O. The molecule has 2 aromatic carbocycles. The molecule has 0 aliphatic carbocycles. The van der Waals surface area contributed by atoms with Gasteiger partial charge in [-0.2, -0.15) is 5.10 Å². The molecule has 0 bridgehead atoms. The van der Waals surface area contributed by atoms with Gasteiger partial charge in [0, 0.05) is 11.4 Å². The Bertz CT molecular complexity index is 1380. The van der Waals surface area contributed by atoms with E-state index in [-0.39, 0.29) is 22.9 Å². The minimum Gasteiger partial charge on any atom is -0.503 e. The molecule has 0 aliphatic rings. The van der Waals surface area contributed by atoms with Gasteiger partial charge < -0.3 is 14.3 Å². The Kier molecular flexibility index (Phi) is 6.19. The number of hydrogen-bond acceptors (Lipinski definition) is 8. The Morgan fingerprint density at radius 3 is 2.81 bits per heavy atom. The molecule has 0 amide bonds. The highest BCUT2D eigenvalue weighted by molar-refractivity contribution is 9.10. The summed E-state index contributed by atoms with van der Waals surface area (Å²) >= 11 is 4.55. The van der Waals surface area contributed by atoms with Gasteiger partial charge in [0.05, 0.1) is 29.0 Å². The molecule has 0 radical (unpaired) electrons. The third-order valence-corrected chi connectivity index (χ3v) is 5.77. The van der Waals surface area contributed by atoms with Gasteiger partial charge in [-0.3, -0.25) is 10.1 Å². The van der Waals surface area contributed by atoms with Crippen LogP contribution in [0.5, 0.6) is 11.5 Å². The standard InChI is InChI=1S/C21H15BrN4O5S/c1-30-19-10-13(9-14(22)20(19)27)11-23-25-17(18-7-4-8-31-18)12-32-21(25)24-15-5-2-3-6-16(15)26(28)29/h2-12,27H,1H3. The van der Waals surface area contributed by atoms with Gasteiger partial charge in [0.2, 0.25) is 4.80 Å². The number of halogens is 1. The number of nitro groups is 1. The average Bonchev–Trinajstić information content (AvgIpc) is 3.44. The van der Waals surface area contributed by atoms with Gasteiger partial charge in [-0.05, 0) is 51.8 Å². The van der Waals surface area contributed by atoms with Crippen LogP contribution in [-0.4, -0.2) is 28.0 Å². The van der Waals surface area contributed by atoms with Crippen LogP contribution >= 0.6 is 27.3 Å². The Morgan fingerprint density at radius 2 is 2.09 bits per heavy atom. The van der Waals surface area contributed by atoms with Crippen LogP contribution < -0.4 is 9.54 Å². The van der Waals surface area contributed by atoms with Crippen LogP contribution in [0, 0.1) is 10.1 Å². The van der Waals surface area contributed by atoms with E-state index in [9.17, 15) is 15.2 Å². The number of ether oxygens (including phenoxy) is 1. The lowest BCUT2D eigenvalue weighted by Crippen LogP contribution is -2.11. The highest BCUT2D eigenvalue weighted by Crippen LogP contribution is 2.34. The van der Waals surface area contributed by atoms with E-state index >= 15 is 0 Å². The fourth-order valence-corrected chi connectivity index (χ4v) is 4.14. The lowest BCUT2D eigenvalue weighted by Gasteiger charge is -2.06. The molecule has 0 atom stereocenters. The molecule has 1 N–H and O–H groups in total. The van der Waals surface area contributed by atoms with Crippen molar-refractivity contribution >= 4 is 44.9 Å². The number of aromatic hydroxyl groups is 1. The molecule has 2 heterocycles. The predicted octanol–water partition coefficient (Wildman–Crippen LogP) is 5.31. The van der Waals surface area contributed by atoms with E-state index in [2.05, 4.69) is 26.0 Å². The quantitative estimate of drug-likeness (QED) is 0.212. The van der Waals surface area contributed by atoms with Crippen molar-refractivity contribution in [1.82, 2.24) is 4.68 Å². The number of rotatable bonds is 6. The molecule has 2 aromatic heterocycles. The van der Waals surface area contributed by atoms with Crippen LogP contribution in [0.4, 0.5) is 11.4 Å². The number of aromatic nitrogens is 1. The zero-order valence-corrected chi connectivity index (χ0v) is 18.9. The Hall–Kier alpha value is -3.70. The molecule has 0 fully saturated rings. The van der Waals surface area contributed by atoms with E-state index < -0.39 is 4.92 Å². The lowest BCUT2D eigenvalue weighted by molar-refractivity contribution is -0.384. The van der Waals surface area contributed by atoms with Crippen LogP contribution in [0.15, 0.2) is 79.2 Å². The van der Waals surface area contributed by atoms with Crippen LogP contribution in [0.2, 0.25) is 0 Å². The number of thiazole rings is 1. The van der Waals surface area contributed by atoms with Gasteiger partial charge in [-0.1, -0.05) is 12.1 Å². The molecule has 32 heavy (non-hydrogen) atoms. The first kappa shape index (κ1) is 21.5. The van der Waals surface area contributed by atoms with Crippen molar-refractivity contribution in [3.05, 3.63) is 85.1 Å². The molecule has 4 rings (SSSR count). The van der Waals surface area contributed by atoms with E-state index in [0.717, 1.165) is 0 Å². The molecule has 0 saturated heterocycles. The van der Waals surface area contributed by atoms with Crippen LogP contribution in [-0.2, 0) is 0 Å². The maximum absolute atomic E-state index is 11.4. The summed E-state index contributed by atoms with van der Waals surface area (Å²) in [6, 6.07) is 13.1. The molecular formula is C21H15BrN4O5S. The summed E-state index contributed by atoms with van der Waals surface area (Å²) in [4.78, 5) is 15.8. The summed E-state index contributed by atoms with van der Waals surface area (Å²) in [5.74, 6) is 0.829. The minimum atomic E-state index is -0.478. The van der Waals surface area contributed by atoms with Gasteiger partial charge in [0.25, 0.3) is 5.69 Å². The zero-order chi connectivity index (χ0) is 22.7. The fourth-order valence-electron chi connectivity index (χ4n) is 2.85. The minimum absolute atomic E-state index is 0.0174. The monoisotopic (exact) mass is 514 g/mol. The second kappa shape index (κ2) is 9.20. The third kappa shape index (κ3) is 4.34. The molecule has 162 valence electrons. The number of furan rings is 1. The number of nitrogens with zero attached hydrogens (tertiary/aromatic N) is 4. The number of para-hydroxylation sites is 2. The molecule has 0 aliphatic heterocycles. The van der Waals surface area contributed by atoms with Crippen molar-refractivity contribution in [2.75, 3.05) is 7.11 Å². The lowest BCUT2D eigenvalue weighted by atomic mass is 10.2. The van der Waals surface area contributed by atoms with Gasteiger partial charge in [-0.25, -0.2) is 9.67 Å². The van der Waals surface area contributed by atoms with Crippen molar-refractivity contribution in [3.8, 4) is 23.0 Å². The molecule has 11 heteroatoms. The number of nitro benzene ring substituents is 1. The van der Waals surface area contributed by atoms with Crippen molar-refractivity contribution in [2.24, 2.45) is 10.1 Å². The van der Waals surface area contributed by atoms with Crippen LogP contribution in [0.3, 0.4) is 0 Å². The van der Waals surface area contributed by atoms with Crippen LogP contribution in [0.25, 0.3) is 11.5 Å². The predicted molar refractivity (Wildman–Crippen MR) is 124 cm³/mol. The summed E-state index contributed by atoms with van der Waals surface area (Å²) in [6.45, 7) is 0. The van der Waals surface area contributed by atoms with Crippen molar-refractivity contribution in [1.29, 1.82) is 0 Å². The van der Waals surface area contributed by atoms with Crippen LogP contribution in [0.1, 0.15) is 5.56 Å². The van der Waals surface area contributed by atoms with Gasteiger partial charge in [-0.15, -0.1) is 11.3 Å². The maximum Gasteiger partial charge on any atom is 0.294 e. The number of phenolic OH excluding ortho intramolecular Hbond substituents is 1. The van der Waals surface area contributed by atoms with Crippen molar-refractivity contribution in [3.63, 3.8) is 0 Å². The Balaban J connectivity index is 1.86. The third-order valence-electron chi connectivity index (χ3n) is 4.35. The van der Waals surface area contributed by atoms with Crippen molar-refractivity contribution < 1.29 is 19.2 Å². The highest BCUT2D eigenvalue weighted by atomic mass is 79.9. The molecule has 0 spiro atoms. The van der Waals surface area contributed by atoms with E-state index in [4.69, 9.17) is 9.15 Å². The fraction of sp³-hybridized carbons (Fsp3) is 0.0476. The number of phenols is 1. The van der Waals surface area contributed by atoms with Gasteiger partial charge in [0.1, 0.15) is 11.4 Å². The molecule has 9 nitrogen and oxygen atoms in total. The van der Waals surface area contributed by atoms with E-state index in [1.165, 1.54) is 29.2 Å². The summed E-state index contributed by atoms with van der Waals surface area (Å²) in [6.07, 6.45) is 3.10. The number of benzene rings is 2. The van der Waals surface area contributed by atoms with E-state index in [1.807, 2.05) is 0 Å².